The van der Waals surface area contributed by atoms with Crippen molar-refractivity contribution in [2.24, 2.45) is 0 Å². The number of hydrogen-bond acceptors (Lipinski definition) is 4. The molecule has 1 fully saturated rings. The standard InChI is InChI=1S/C18H23N3S/c1-18(2,3)12-5-7-13(8-6-12)21-10-11-4-9-14(21)16-15(11)20-17(19)22-16/h5-8,11,14H,4,9-10H2,1-3H3,(H2,19,20). The molecule has 0 amide bonds. The van der Waals surface area contributed by atoms with Gasteiger partial charge in [0.25, 0.3) is 0 Å². The van der Waals surface area contributed by atoms with Gasteiger partial charge >= 0.3 is 0 Å². The predicted octanol–water partition coefficient (Wildman–Crippen LogP) is 4.46. The molecule has 1 aromatic heterocycles. The van der Waals surface area contributed by atoms with Crippen LogP contribution in [0.4, 0.5) is 10.8 Å². The van der Waals surface area contributed by atoms with Crippen LogP contribution in [0.15, 0.2) is 24.3 Å². The molecular formula is C18H23N3S. The fourth-order valence-corrected chi connectivity index (χ4v) is 4.87. The molecule has 0 saturated carbocycles. The average molecular weight is 313 g/mol. The van der Waals surface area contributed by atoms with E-state index >= 15 is 0 Å². The first kappa shape index (κ1) is 14.1. The molecule has 1 saturated heterocycles. The van der Waals surface area contributed by atoms with E-state index in [0.29, 0.717) is 12.0 Å². The average Bonchev–Trinajstić information content (AvgIpc) is 2.90. The smallest absolute Gasteiger partial charge is 0.180 e. The van der Waals surface area contributed by atoms with E-state index < -0.39 is 0 Å². The van der Waals surface area contributed by atoms with Crippen LogP contribution in [0.1, 0.15) is 61.7 Å². The number of anilines is 2. The molecule has 2 unspecified atom stereocenters. The fraction of sp³-hybridized carbons (Fsp3) is 0.500. The summed E-state index contributed by atoms with van der Waals surface area (Å²) < 4.78 is 0. The number of rotatable bonds is 1. The quantitative estimate of drug-likeness (QED) is 0.845. The Morgan fingerprint density at radius 3 is 2.59 bits per heavy atom. The van der Waals surface area contributed by atoms with Gasteiger partial charge in [-0.15, -0.1) is 0 Å². The molecule has 0 radical (unpaired) electrons. The minimum Gasteiger partial charge on any atom is -0.375 e. The van der Waals surface area contributed by atoms with Crippen LogP contribution in [0, 0.1) is 0 Å². The van der Waals surface area contributed by atoms with Crippen molar-refractivity contribution >= 4 is 22.2 Å². The number of aromatic nitrogens is 1. The summed E-state index contributed by atoms with van der Waals surface area (Å²) in [6.45, 7) is 7.86. The van der Waals surface area contributed by atoms with Gasteiger partial charge in [-0.2, -0.15) is 0 Å². The van der Waals surface area contributed by atoms with E-state index in [1.165, 1.54) is 34.7 Å². The second kappa shape index (κ2) is 4.72. The zero-order valence-electron chi connectivity index (χ0n) is 13.5. The molecule has 2 aliphatic heterocycles. The van der Waals surface area contributed by atoms with Crippen LogP contribution in [0.2, 0.25) is 0 Å². The van der Waals surface area contributed by atoms with Crippen molar-refractivity contribution in [2.45, 2.75) is 51.0 Å². The minimum absolute atomic E-state index is 0.207. The highest BCUT2D eigenvalue weighted by molar-refractivity contribution is 7.15. The summed E-state index contributed by atoms with van der Waals surface area (Å²) in [6.07, 6.45) is 2.47. The molecule has 3 nitrogen and oxygen atoms in total. The Bertz CT molecular complexity index is 696. The van der Waals surface area contributed by atoms with Crippen molar-refractivity contribution in [2.75, 3.05) is 17.2 Å². The molecule has 3 aliphatic rings. The number of benzene rings is 1. The van der Waals surface area contributed by atoms with Gasteiger partial charge in [0.15, 0.2) is 5.13 Å². The topological polar surface area (TPSA) is 42.1 Å². The van der Waals surface area contributed by atoms with Gasteiger partial charge in [0.05, 0.1) is 16.6 Å². The van der Waals surface area contributed by atoms with E-state index in [1.54, 1.807) is 11.3 Å². The van der Waals surface area contributed by atoms with Crippen molar-refractivity contribution in [3.8, 4) is 0 Å². The van der Waals surface area contributed by atoms with Gasteiger partial charge in [0, 0.05) is 18.2 Å². The zero-order chi connectivity index (χ0) is 15.5. The Balaban J connectivity index is 1.68. The third kappa shape index (κ3) is 2.12. The molecule has 116 valence electrons. The van der Waals surface area contributed by atoms with E-state index in [4.69, 9.17) is 5.73 Å². The Hall–Kier alpha value is -1.55. The van der Waals surface area contributed by atoms with Gasteiger partial charge in [0.1, 0.15) is 0 Å². The summed E-state index contributed by atoms with van der Waals surface area (Å²) in [5.41, 5.74) is 10.2. The maximum absolute atomic E-state index is 5.95. The third-order valence-corrected chi connectivity index (χ3v) is 6.04. The molecule has 0 spiro atoms. The summed E-state index contributed by atoms with van der Waals surface area (Å²) in [4.78, 5) is 8.54. The van der Waals surface area contributed by atoms with Crippen LogP contribution in [0.5, 0.6) is 0 Å². The van der Waals surface area contributed by atoms with Crippen LogP contribution >= 0.6 is 11.3 Å². The third-order valence-electron chi connectivity index (χ3n) is 5.03. The summed E-state index contributed by atoms with van der Waals surface area (Å²) >= 11 is 1.68. The normalized spacial score (nSPS) is 23.7. The van der Waals surface area contributed by atoms with E-state index in [2.05, 4.69) is 54.9 Å². The number of fused-ring (bicyclic) bond motifs is 2. The number of nitrogens with zero attached hydrogens (tertiary/aromatic N) is 2. The van der Waals surface area contributed by atoms with Crippen LogP contribution in [0.3, 0.4) is 0 Å². The van der Waals surface area contributed by atoms with Crippen LogP contribution in [-0.2, 0) is 5.41 Å². The Morgan fingerprint density at radius 1 is 1.18 bits per heavy atom. The first-order valence-electron chi connectivity index (χ1n) is 8.07. The zero-order valence-corrected chi connectivity index (χ0v) is 14.3. The molecule has 22 heavy (non-hydrogen) atoms. The van der Waals surface area contributed by atoms with E-state index in [9.17, 15) is 0 Å². The molecule has 2 N–H and O–H groups in total. The van der Waals surface area contributed by atoms with Crippen LogP contribution < -0.4 is 10.6 Å². The summed E-state index contributed by atoms with van der Waals surface area (Å²) in [7, 11) is 0. The van der Waals surface area contributed by atoms with Gasteiger partial charge in [0.2, 0.25) is 0 Å². The van der Waals surface area contributed by atoms with Crippen molar-refractivity contribution in [1.29, 1.82) is 0 Å². The number of nitrogens with two attached hydrogens (primary N) is 1. The van der Waals surface area contributed by atoms with Crippen molar-refractivity contribution < 1.29 is 0 Å². The highest BCUT2D eigenvalue weighted by Gasteiger charge is 2.41. The predicted molar refractivity (Wildman–Crippen MR) is 93.7 cm³/mol. The SMILES string of the molecule is CC(C)(C)c1ccc(N2CC3CCC2c2sc(N)nc23)cc1. The van der Waals surface area contributed by atoms with Crippen molar-refractivity contribution in [1.82, 2.24) is 4.98 Å². The Morgan fingerprint density at radius 2 is 1.91 bits per heavy atom. The number of nitrogen functional groups attached to an aromatic ring is 1. The largest absolute Gasteiger partial charge is 0.375 e. The van der Waals surface area contributed by atoms with Gasteiger partial charge < -0.3 is 10.6 Å². The summed E-state index contributed by atoms with van der Waals surface area (Å²) in [6, 6.07) is 9.59. The first-order valence-corrected chi connectivity index (χ1v) is 8.88. The molecular weight excluding hydrogens is 290 g/mol. The van der Waals surface area contributed by atoms with Gasteiger partial charge in [-0.25, -0.2) is 4.98 Å². The van der Waals surface area contributed by atoms with Crippen molar-refractivity contribution in [3.63, 3.8) is 0 Å². The first-order chi connectivity index (χ1) is 10.4. The molecule has 1 aromatic carbocycles. The van der Waals surface area contributed by atoms with E-state index in [1.807, 2.05) is 0 Å². The second-order valence-electron chi connectivity index (χ2n) is 7.54. The molecule has 1 aliphatic carbocycles. The van der Waals surface area contributed by atoms with Gasteiger partial charge in [-0.1, -0.05) is 44.2 Å². The molecule has 2 aromatic rings. The lowest BCUT2D eigenvalue weighted by Crippen LogP contribution is -2.42. The highest BCUT2D eigenvalue weighted by Crippen LogP contribution is 2.50. The number of piperidine rings is 1. The summed E-state index contributed by atoms with van der Waals surface area (Å²) in [5, 5.41) is 0.729. The van der Waals surface area contributed by atoms with E-state index in [-0.39, 0.29) is 5.41 Å². The van der Waals surface area contributed by atoms with Crippen molar-refractivity contribution in [3.05, 3.63) is 40.4 Å². The monoisotopic (exact) mass is 313 g/mol. The minimum atomic E-state index is 0.207. The fourth-order valence-electron chi connectivity index (χ4n) is 3.80. The molecule has 5 rings (SSSR count). The molecule has 4 heteroatoms. The number of thiazole rings is 1. The lowest BCUT2D eigenvalue weighted by atomic mass is 9.81. The second-order valence-corrected chi connectivity index (χ2v) is 8.60. The van der Waals surface area contributed by atoms with Gasteiger partial charge in [-0.3, -0.25) is 0 Å². The highest BCUT2D eigenvalue weighted by atomic mass is 32.1. The lowest BCUT2D eigenvalue weighted by molar-refractivity contribution is 0.389. The maximum atomic E-state index is 5.95. The van der Waals surface area contributed by atoms with Crippen LogP contribution in [-0.4, -0.2) is 11.5 Å². The van der Waals surface area contributed by atoms with Gasteiger partial charge in [-0.05, 0) is 36.0 Å². The summed E-state index contributed by atoms with van der Waals surface area (Å²) in [5.74, 6) is 0.552. The lowest BCUT2D eigenvalue weighted by Gasteiger charge is -2.45. The molecule has 2 bridgehead atoms. The Labute approximate surface area is 136 Å². The molecule has 2 atom stereocenters. The van der Waals surface area contributed by atoms with E-state index in [0.717, 1.165) is 11.7 Å². The maximum Gasteiger partial charge on any atom is 0.180 e. The number of hydrogen-bond donors (Lipinski definition) is 1. The molecule has 3 heterocycles. The Kier molecular flexibility index (Phi) is 3.02. The van der Waals surface area contributed by atoms with Crippen LogP contribution in [0.25, 0.3) is 0 Å².